The van der Waals surface area contributed by atoms with Crippen LogP contribution in [0.25, 0.3) is 0 Å². The van der Waals surface area contributed by atoms with Crippen LogP contribution in [0.5, 0.6) is 0 Å². The van der Waals surface area contributed by atoms with Crippen molar-refractivity contribution >= 4 is 0 Å². The molecule has 0 bridgehead atoms. The Morgan fingerprint density at radius 2 is 2.22 bits per heavy atom. The fourth-order valence-corrected chi connectivity index (χ4v) is 0.297. The summed E-state index contributed by atoms with van der Waals surface area (Å²) in [6.45, 7) is 0. The van der Waals surface area contributed by atoms with E-state index in [9.17, 15) is 13.2 Å². The molecule has 0 aliphatic heterocycles. The Labute approximate surface area is 49.0 Å². The number of nitrogens with zero attached hydrogens (tertiary/aromatic N) is 2. The average molecular weight is 139 g/mol. The van der Waals surface area contributed by atoms with Crippen molar-refractivity contribution in [2.24, 2.45) is 0 Å². The highest BCUT2D eigenvalue weighted by Gasteiger charge is 2.36. The first-order valence-corrected chi connectivity index (χ1v) is 1.94. The van der Waals surface area contributed by atoms with Gasteiger partial charge in [0.05, 0.1) is 0 Å². The Balaban J connectivity index is 0.000000810. The maximum Gasteiger partial charge on any atom is 0.470 e. The zero-order valence-corrected chi connectivity index (χ0v) is 4.01. The van der Waals surface area contributed by atoms with E-state index in [2.05, 4.69) is 14.6 Å². The lowest BCUT2D eigenvalue weighted by molar-refractivity contribution is -0.157. The van der Waals surface area contributed by atoms with Gasteiger partial charge >= 0.3 is 12.1 Å². The minimum Gasteiger partial charge on any atom is -0.420 e. The van der Waals surface area contributed by atoms with Crippen molar-refractivity contribution < 1.29 is 19.0 Å². The third kappa shape index (κ3) is 1.18. The van der Waals surface area contributed by atoms with Crippen LogP contribution in [0.1, 0.15) is 7.32 Å². The topological polar surface area (TPSA) is 38.9 Å². The smallest absolute Gasteiger partial charge is 0.420 e. The number of hydrogen-bond acceptors (Lipinski definition) is 3. The molecule has 1 radical (unpaired) electrons. The lowest BCUT2D eigenvalue weighted by Gasteiger charge is -1.95. The molecule has 0 amide bonds. The summed E-state index contributed by atoms with van der Waals surface area (Å²) in [5.41, 5.74) is 0. The van der Waals surface area contributed by atoms with Gasteiger partial charge in [-0.3, -0.25) is 0 Å². The van der Waals surface area contributed by atoms with Crippen molar-refractivity contribution in [3.05, 3.63) is 12.3 Å². The molecule has 0 unspecified atom stereocenters. The zero-order valence-electron chi connectivity index (χ0n) is 5.01. The van der Waals surface area contributed by atoms with E-state index >= 15 is 0 Å². The Morgan fingerprint density at radius 3 is 2.44 bits per heavy atom. The molecule has 1 rings (SSSR count). The van der Waals surface area contributed by atoms with E-state index in [1.807, 2.05) is 0 Å². The molecule has 0 saturated heterocycles. The number of alkyl halides is 3. The van der Waals surface area contributed by atoms with Gasteiger partial charge in [-0.05, 0) is 0 Å². The Bertz CT molecular complexity index is 184. The monoisotopic (exact) mass is 139 g/mol. The summed E-state index contributed by atoms with van der Waals surface area (Å²) < 4.78 is 38.1. The van der Waals surface area contributed by atoms with Crippen molar-refractivity contribution in [1.29, 1.82) is 0 Å². The molecule has 0 aromatic carbocycles. The maximum atomic E-state index is 11.4. The highest BCUT2D eigenvalue weighted by atomic mass is 19.4. The van der Waals surface area contributed by atoms with Gasteiger partial charge in [-0.25, -0.2) is 0 Å². The van der Waals surface area contributed by atoms with Gasteiger partial charge in [0.25, 0.3) is 0 Å². The predicted molar refractivity (Wildman–Crippen MR) is 20.4 cm³/mol. The van der Waals surface area contributed by atoms with Crippen LogP contribution in [0.2, 0.25) is 0 Å². The molecule has 1 aromatic heterocycles. The number of rotatable bonds is 0. The SMILES string of the molecule is FC(F)(F)c1nnco1.[H]. The summed E-state index contributed by atoms with van der Waals surface area (Å²) >= 11 is 0. The van der Waals surface area contributed by atoms with Crippen LogP contribution in [0.15, 0.2) is 10.8 Å². The molecule has 0 aliphatic rings. The molecule has 6 heteroatoms. The predicted octanol–water partition coefficient (Wildman–Crippen LogP) is 1.20. The van der Waals surface area contributed by atoms with E-state index in [1.54, 1.807) is 0 Å². The van der Waals surface area contributed by atoms with E-state index in [1.165, 1.54) is 0 Å². The van der Waals surface area contributed by atoms with E-state index in [4.69, 9.17) is 0 Å². The third-order valence-corrected chi connectivity index (χ3v) is 0.603. The second-order valence-corrected chi connectivity index (χ2v) is 1.24. The Hall–Kier alpha value is -1.07. The first-order valence-electron chi connectivity index (χ1n) is 1.94. The second-order valence-electron chi connectivity index (χ2n) is 1.24. The van der Waals surface area contributed by atoms with Crippen LogP contribution in [0.4, 0.5) is 13.2 Å². The summed E-state index contributed by atoms with van der Waals surface area (Å²) in [4.78, 5) is 0. The summed E-state index contributed by atoms with van der Waals surface area (Å²) in [5.74, 6) is -1.32. The molecule has 0 aliphatic carbocycles. The van der Waals surface area contributed by atoms with Crippen molar-refractivity contribution in [3.63, 3.8) is 0 Å². The first kappa shape index (κ1) is 6.06. The summed E-state index contributed by atoms with van der Waals surface area (Å²) in [6, 6.07) is 0. The van der Waals surface area contributed by atoms with E-state index in [0.717, 1.165) is 0 Å². The second kappa shape index (κ2) is 1.71. The highest BCUT2D eigenvalue weighted by molar-refractivity contribution is 4.78. The number of hydrogen-bond donors (Lipinski definition) is 0. The van der Waals surface area contributed by atoms with Gasteiger partial charge in [0.1, 0.15) is 0 Å². The largest absolute Gasteiger partial charge is 0.470 e. The molecule has 0 saturated carbocycles. The maximum absolute atomic E-state index is 11.4. The van der Waals surface area contributed by atoms with E-state index in [0.29, 0.717) is 6.39 Å². The van der Waals surface area contributed by atoms with Crippen molar-refractivity contribution in [2.45, 2.75) is 6.18 Å². The molecular formula is C3H2F3N2O. The zero-order chi connectivity index (χ0) is 6.91. The standard InChI is InChI=1S/C3HF3N2O.H/c4-3(5,6)2-8-7-1-9-2;/h1H;. The molecule has 0 atom stereocenters. The third-order valence-electron chi connectivity index (χ3n) is 0.603. The minimum absolute atomic E-state index is 0. The van der Waals surface area contributed by atoms with Crippen molar-refractivity contribution in [2.75, 3.05) is 0 Å². The van der Waals surface area contributed by atoms with Gasteiger partial charge in [-0.15, -0.1) is 10.2 Å². The summed E-state index contributed by atoms with van der Waals surface area (Å²) in [5, 5.41) is 5.50. The molecular weight excluding hydrogens is 137 g/mol. The van der Waals surface area contributed by atoms with E-state index < -0.39 is 12.1 Å². The average Bonchev–Trinajstić information content (AvgIpc) is 2.08. The molecule has 1 heterocycles. The van der Waals surface area contributed by atoms with Crippen LogP contribution in [0, 0.1) is 0 Å². The van der Waals surface area contributed by atoms with Gasteiger partial charge in [0.2, 0.25) is 6.39 Å². The lowest BCUT2D eigenvalue weighted by atomic mass is 10.7. The number of aromatic nitrogens is 2. The van der Waals surface area contributed by atoms with Crippen LogP contribution < -0.4 is 0 Å². The summed E-state index contributed by atoms with van der Waals surface area (Å²) in [7, 11) is 0. The van der Waals surface area contributed by atoms with Crippen LogP contribution in [-0.4, -0.2) is 10.2 Å². The van der Waals surface area contributed by atoms with Crippen LogP contribution in [-0.2, 0) is 6.18 Å². The summed E-state index contributed by atoms with van der Waals surface area (Å²) in [6.07, 6.45) is -3.89. The molecule has 51 valence electrons. The van der Waals surface area contributed by atoms with Crippen molar-refractivity contribution in [1.82, 2.24) is 10.2 Å². The molecule has 1 aromatic rings. The van der Waals surface area contributed by atoms with Gasteiger partial charge in [0.15, 0.2) is 0 Å². The fourth-order valence-electron chi connectivity index (χ4n) is 0.297. The molecule has 0 fully saturated rings. The van der Waals surface area contributed by atoms with Crippen LogP contribution in [0.3, 0.4) is 0 Å². The van der Waals surface area contributed by atoms with Crippen LogP contribution >= 0.6 is 0 Å². The van der Waals surface area contributed by atoms with Gasteiger partial charge in [-0.1, -0.05) is 0 Å². The van der Waals surface area contributed by atoms with Gasteiger partial charge in [-0.2, -0.15) is 13.2 Å². The Morgan fingerprint density at radius 1 is 1.56 bits per heavy atom. The number of halogens is 3. The molecule has 0 spiro atoms. The normalized spacial score (nSPS) is 11.9. The van der Waals surface area contributed by atoms with Gasteiger partial charge < -0.3 is 4.42 Å². The van der Waals surface area contributed by atoms with E-state index in [-0.39, 0.29) is 1.43 Å². The fraction of sp³-hybridized carbons (Fsp3) is 0.333. The molecule has 3 nitrogen and oxygen atoms in total. The van der Waals surface area contributed by atoms with Gasteiger partial charge in [0, 0.05) is 1.43 Å². The first-order chi connectivity index (χ1) is 4.11. The lowest BCUT2D eigenvalue weighted by Crippen LogP contribution is -2.04. The minimum atomic E-state index is -4.52. The quantitative estimate of drug-likeness (QED) is 0.542. The van der Waals surface area contributed by atoms with Crippen molar-refractivity contribution in [3.8, 4) is 0 Å². The molecule has 9 heavy (non-hydrogen) atoms. The Kier molecular flexibility index (Phi) is 1.15. The molecule has 0 N–H and O–H groups in total. The highest BCUT2D eigenvalue weighted by Crippen LogP contribution is 2.26.